The van der Waals surface area contributed by atoms with Crippen LogP contribution in [0.15, 0.2) is 33.9 Å². The van der Waals surface area contributed by atoms with Gasteiger partial charge in [0.1, 0.15) is 5.82 Å². The van der Waals surface area contributed by atoms with Gasteiger partial charge in [-0.05, 0) is 25.1 Å². The van der Waals surface area contributed by atoms with Crippen LogP contribution < -0.4 is 11.2 Å². The molecule has 0 aliphatic heterocycles. The number of H-pyrrole nitrogens is 1. The van der Waals surface area contributed by atoms with Crippen LogP contribution in [0.4, 0.5) is 4.39 Å². The highest BCUT2D eigenvalue weighted by Gasteiger charge is 2.07. The van der Waals surface area contributed by atoms with E-state index < -0.39 is 17.1 Å². The first kappa shape index (κ1) is 11.6. The van der Waals surface area contributed by atoms with E-state index in [9.17, 15) is 14.0 Å². The summed E-state index contributed by atoms with van der Waals surface area (Å²) >= 11 is 5.64. The minimum atomic E-state index is -0.585. The van der Waals surface area contributed by atoms with Gasteiger partial charge in [-0.25, -0.2) is 9.18 Å². The summed E-state index contributed by atoms with van der Waals surface area (Å²) in [5.74, 6) is -0.564. The molecule has 88 valence electrons. The zero-order chi connectivity index (χ0) is 12.6. The van der Waals surface area contributed by atoms with Crippen LogP contribution in [-0.2, 0) is 0 Å². The number of rotatable bonds is 1. The lowest BCUT2D eigenvalue weighted by Crippen LogP contribution is -2.29. The summed E-state index contributed by atoms with van der Waals surface area (Å²) < 4.78 is 14.2. The van der Waals surface area contributed by atoms with Crippen molar-refractivity contribution in [1.29, 1.82) is 0 Å². The maximum atomic E-state index is 13.0. The number of benzene rings is 1. The van der Waals surface area contributed by atoms with E-state index in [0.717, 1.165) is 6.07 Å². The summed E-state index contributed by atoms with van der Waals surface area (Å²) in [6, 6.07) is 5.17. The van der Waals surface area contributed by atoms with E-state index in [1.165, 1.54) is 22.8 Å². The average Bonchev–Trinajstić information content (AvgIpc) is 2.21. The standard InChI is InChI=1S/C11H8ClFN2O2/c1-6-4-10(16)14-11(17)15(6)7-2-3-9(13)8(12)5-7/h2-5H,1H3,(H,14,16,17). The number of aryl methyl sites for hydroxylation is 1. The topological polar surface area (TPSA) is 54.9 Å². The quantitative estimate of drug-likeness (QED) is 0.841. The maximum Gasteiger partial charge on any atom is 0.333 e. The summed E-state index contributed by atoms with van der Waals surface area (Å²) in [6.45, 7) is 1.61. The van der Waals surface area contributed by atoms with E-state index in [1.54, 1.807) is 6.92 Å². The second-order valence-corrected chi connectivity index (χ2v) is 3.92. The Labute approximate surface area is 100 Å². The zero-order valence-corrected chi connectivity index (χ0v) is 9.58. The van der Waals surface area contributed by atoms with Crippen LogP contribution in [0.25, 0.3) is 5.69 Å². The van der Waals surface area contributed by atoms with Crippen molar-refractivity contribution >= 4 is 11.6 Å². The molecule has 0 spiro atoms. The molecular weight excluding hydrogens is 247 g/mol. The van der Waals surface area contributed by atoms with Gasteiger partial charge in [0.15, 0.2) is 0 Å². The van der Waals surface area contributed by atoms with E-state index in [4.69, 9.17) is 11.6 Å². The highest BCUT2D eigenvalue weighted by atomic mass is 35.5. The fraction of sp³-hybridized carbons (Fsp3) is 0.0909. The average molecular weight is 255 g/mol. The minimum Gasteiger partial charge on any atom is -0.274 e. The van der Waals surface area contributed by atoms with Gasteiger partial charge < -0.3 is 0 Å². The van der Waals surface area contributed by atoms with Crippen LogP contribution in [0.1, 0.15) is 5.69 Å². The maximum absolute atomic E-state index is 13.0. The normalized spacial score (nSPS) is 10.5. The fourth-order valence-corrected chi connectivity index (χ4v) is 1.73. The predicted octanol–water partition coefficient (Wildman–Crippen LogP) is 1.63. The van der Waals surface area contributed by atoms with Crippen LogP contribution in [0.2, 0.25) is 5.02 Å². The second kappa shape index (κ2) is 4.18. The van der Waals surface area contributed by atoms with Gasteiger partial charge in [0.2, 0.25) is 0 Å². The number of nitrogens with zero attached hydrogens (tertiary/aromatic N) is 1. The molecule has 0 saturated carbocycles. The molecule has 1 heterocycles. The van der Waals surface area contributed by atoms with Gasteiger partial charge in [0, 0.05) is 11.8 Å². The Kier molecular flexibility index (Phi) is 2.85. The van der Waals surface area contributed by atoms with Crippen LogP contribution in [0, 0.1) is 12.7 Å². The molecule has 6 heteroatoms. The van der Waals surface area contributed by atoms with Crippen LogP contribution >= 0.6 is 11.6 Å². The molecule has 0 saturated heterocycles. The summed E-state index contributed by atoms with van der Waals surface area (Å²) in [5, 5.41) is -0.0833. The molecule has 1 aromatic carbocycles. The van der Waals surface area contributed by atoms with E-state index in [1.807, 2.05) is 0 Å². The lowest BCUT2D eigenvalue weighted by Gasteiger charge is -2.08. The summed E-state index contributed by atoms with van der Waals surface area (Å²) in [4.78, 5) is 24.8. The minimum absolute atomic E-state index is 0.0833. The van der Waals surface area contributed by atoms with Crippen molar-refractivity contribution < 1.29 is 4.39 Å². The van der Waals surface area contributed by atoms with E-state index in [2.05, 4.69) is 4.98 Å². The Morgan fingerprint density at radius 3 is 2.59 bits per heavy atom. The van der Waals surface area contributed by atoms with Crippen molar-refractivity contribution in [3.8, 4) is 5.69 Å². The third-order valence-electron chi connectivity index (χ3n) is 2.29. The Balaban J connectivity index is 2.73. The zero-order valence-electron chi connectivity index (χ0n) is 8.83. The Bertz CT molecular complexity index is 691. The molecule has 0 fully saturated rings. The van der Waals surface area contributed by atoms with Gasteiger partial charge >= 0.3 is 5.69 Å². The van der Waals surface area contributed by atoms with E-state index in [-0.39, 0.29) is 5.02 Å². The lowest BCUT2D eigenvalue weighted by molar-refractivity contribution is 0.627. The molecule has 2 rings (SSSR count). The summed E-state index contributed by atoms with van der Waals surface area (Å²) in [7, 11) is 0. The second-order valence-electron chi connectivity index (χ2n) is 3.51. The number of hydrogen-bond acceptors (Lipinski definition) is 2. The van der Waals surface area contributed by atoms with Crippen molar-refractivity contribution in [2.24, 2.45) is 0 Å². The lowest BCUT2D eigenvalue weighted by atomic mass is 10.3. The van der Waals surface area contributed by atoms with E-state index >= 15 is 0 Å². The first-order valence-corrected chi connectivity index (χ1v) is 5.15. The number of halogens is 2. The number of hydrogen-bond donors (Lipinski definition) is 1. The van der Waals surface area contributed by atoms with Gasteiger partial charge in [0.05, 0.1) is 10.7 Å². The molecular formula is C11H8ClFN2O2. The van der Waals surface area contributed by atoms with Gasteiger partial charge in [-0.2, -0.15) is 0 Å². The molecule has 17 heavy (non-hydrogen) atoms. The summed E-state index contributed by atoms with van der Waals surface area (Å²) in [6.07, 6.45) is 0. The SMILES string of the molecule is Cc1cc(=O)[nH]c(=O)n1-c1ccc(F)c(Cl)c1. The smallest absolute Gasteiger partial charge is 0.274 e. The van der Waals surface area contributed by atoms with Crippen molar-refractivity contribution in [1.82, 2.24) is 9.55 Å². The van der Waals surface area contributed by atoms with Gasteiger partial charge in [-0.3, -0.25) is 14.3 Å². The monoisotopic (exact) mass is 254 g/mol. The third-order valence-corrected chi connectivity index (χ3v) is 2.58. The number of nitrogens with one attached hydrogen (secondary N) is 1. The predicted molar refractivity (Wildman–Crippen MR) is 62.4 cm³/mol. The first-order chi connectivity index (χ1) is 7.99. The van der Waals surface area contributed by atoms with Crippen molar-refractivity contribution in [3.63, 3.8) is 0 Å². The molecule has 0 aliphatic carbocycles. The van der Waals surface area contributed by atoms with Crippen molar-refractivity contribution in [3.05, 3.63) is 61.6 Å². The molecule has 0 amide bonds. The largest absolute Gasteiger partial charge is 0.333 e. The highest BCUT2D eigenvalue weighted by molar-refractivity contribution is 6.30. The van der Waals surface area contributed by atoms with Crippen molar-refractivity contribution in [2.75, 3.05) is 0 Å². The van der Waals surface area contributed by atoms with Crippen LogP contribution in [-0.4, -0.2) is 9.55 Å². The molecule has 1 N–H and O–H groups in total. The molecule has 0 radical (unpaired) electrons. The first-order valence-electron chi connectivity index (χ1n) is 4.77. The summed E-state index contributed by atoms with van der Waals surface area (Å²) in [5.41, 5.74) is -0.216. The molecule has 1 aromatic heterocycles. The van der Waals surface area contributed by atoms with Gasteiger partial charge in [0.25, 0.3) is 5.56 Å². The highest BCUT2D eigenvalue weighted by Crippen LogP contribution is 2.18. The Hall–Kier alpha value is -1.88. The Morgan fingerprint density at radius 1 is 1.29 bits per heavy atom. The van der Waals surface area contributed by atoms with Gasteiger partial charge in [-0.1, -0.05) is 11.6 Å². The van der Waals surface area contributed by atoms with Crippen LogP contribution in [0.3, 0.4) is 0 Å². The van der Waals surface area contributed by atoms with Crippen molar-refractivity contribution in [2.45, 2.75) is 6.92 Å². The number of aromatic nitrogens is 2. The molecule has 0 unspecified atom stereocenters. The number of aromatic amines is 1. The molecule has 0 aliphatic rings. The third kappa shape index (κ3) is 2.14. The Morgan fingerprint density at radius 2 is 2.00 bits per heavy atom. The molecule has 2 aromatic rings. The molecule has 0 bridgehead atoms. The fourth-order valence-electron chi connectivity index (χ4n) is 1.56. The molecule has 4 nitrogen and oxygen atoms in total. The van der Waals surface area contributed by atoms with Gasteiger partial charge in [-0.15, -0.1) is 0 Å². The van der Waals surface area contributed by atoms with E-state index in [0.29, 0.717) is 11.4 Å². The molecule has 0 atom stereocenters. The van der Waals surface area contributed by atoms with Crippen LogP contribution in [0.5, 0.6) is 0 Å².